The molecule has 192 valence electrons. The summed E-state index contributed by atoms with van der Waals surface area (Å²) < 4.78 is 0. The van der Waals surface area contributed by atoms with Crippen LogP contribution in [0.5, 0.6) is 0 Å². The number of nitrogens with one attached hydrogen (secondary N) is 1. The maximum Gasteiger partial charge on any atom is 0.310 e. The van der Waals surface area contributed by atoms with Crippen LogP contribution in [0, 0.1) is 44.8 Å². The lowest BCUT2D eigenvalue weighted by Gasteiger charge is -2.70. The maximum atomic E-state index is 12.8. The van der Waals surface area contributed by atoms with Crippen molar-refractivity contribution in [2.45, 2.75) is 112 Å². The fourth-order valence-electron chi connectivity index (χ4n) is 11.0. The van der Waals surface area contributed by atoms with E-state index in [1.54, 1.807) is 0 Å². The van der Waals surface area contributed by atoms with E-state index in [4.69, 9.17) is 0 Å². The quantitative estimate of drug-likeness (QED) is 0.416. The molecule has 0 saturated heterocycles. The molecule has 1 heterocycles. The van der Waals surface area contributed by atoms with Crippen molar-refractivity contribution in [1.82, 2.24) is 10.2 Å². The van der Waals surface area contributed by atoms with Gasteiger partial charge < -0.3 is 5.11 Å². The van der Waals surface area contributed by atoms with E-state index in [2.05, 4.69) is 70.9 Å². The van der Waals surface area contributed by atoms with Gasteiger partial charge in [0.05, 0.1) is 11.6 Å². The first kappa shape index (κ1) is 23.8. The van der Waals surface area contributed by atoms with Crippen molar-refractivity contribution in [3.8, 4) is 0 Å². The number of carbonyl (C=O) groups is 1. The molecule has 0 aliphatic heterocycles. The number of aliphatic carboxylic acids is 1. The molecule has 0 aromatic carbocycles. The standard InChI is InChI=1S/C31H46N2O2/c1-26(2)12-14-31(25(34)35)15-13-29(6)20(21(31)17-26)8-9-23-28(5)16-19-18-32-33-24(19)27(3,4)22(28)10-11-30(23,29)7/h8,18,21-23H,9-17H2,1-7H3,(H,32,33)(H,34,35)/t21-,22+,23-,28-,29+,30+,31-/m0/s1. The van der Waals surface area contributed by atoms with E-state index in [9.17, 15) is 9.90 Å². The van der Waals surface area contributed by atoms with E-state index in [1.165, 1.54) is 29.7 Å². The fraction of sp³-hybridized carbons (Fsp3) is 0.806. The van der Waals surface area contributed by atoms with E-state index in [1.807, 2.05) is 0 Å². The maximum absolute atomic E-state index is 12.8. The number of carboxylic acids is 1. The monoisotopic (exact) mass is 478 g/mol. The van der Waals surface area contributed by atoms with Crippen molar-refractivity contribution < 1.29 is 9.90 Å². The van der Waals surface area contributed by atoms with Crippen molar-refractivity contribution in [2.24, 2.45) is 44.8 Å². The molecule has 1 aromatic heterocycles. The number of carboxylic acid groups (broad SMARTS) is 1. The van der Waals surface area contributed by atoms with Crippen molar-refractivity contribution in [1.29, 1.82) is 0 Å². The van der Waals surface area contributed by atoms with E-state index in [0.29, 0.717) is 11.8 Å². The molecule has 4 nitrogen and oxygen atoms in total. The highest BCUT2D eigenvalue weighted by Gasteiger charge is 2.69. The second-order valence-corrected chi connectivity index (χ2v) is 15.3. The van der Waals surface area contributed by atoms with E-state index < -0.39 is 11.4 Å². The highest BCUT2D eigenvalue weighted by molar-refractivity contribution is 5.76. The SMILES string of the molecule is CC1(C)CC[C@]2(C(=O)O)CC[C@]3(C)C(=CC[C@H]4[C@@]5(C)Cc6cn[nH]c6C(C)(C)[C@H]5CC[C@]43C)[C@@H]2C1. The molecule has 0 unspecified atom stereocenters. The van der Waals surface area contributed by atoms with Gasteiger partial charge in [-0.05, 0) is 103 Å². The Bertz CT molecular complexity index is 1110. The van der Waals surface area contributed by atoms with Crippen LogP contribution in [0.25, 0.3) is 0 Å². The largest absolute Gasteiger partial charge is 0.481 e. The number of hydrogen-bond acceptors (Lipinski definition) is 2. The summed E-state index contributed by atoms with van der Waals surface area (Å²) in [5.74, 6) is 0.896. The summed E-state index contributed by atoms with van der Waals surface area (Å²) in [6, 6.07) is 0. The molecule has 0 amide bonds. The number of aromatic amines is 1. The zero-order valence-electron chi connectivity index (χ0n) is 23.1. The molecular weight excluding hydrogens is 432 g/mol. The Labute approximate surface area is 211 Å². The molecule has 7 atom stereocenters. The third-order valence-corrected chi connectivity index (χ3v) is 13.1. The van der Waals surface area contributed by atoms with Crippen LogP contribution in [0.15, 0.2) is 17.8 Å². The summed E-state index contributed by atoms with van der Waals surface area (Å²) in [6.07, 6.45) is 14.1. The second-order valence-electron chi connectivity index (χ2n) is 15.3. The predicted octanol–water partition coefficient (Wildman–Crippen LogP) is 7.31. The van der Waals surface area contributed by atoms with Crippen LogP contribution in [0.1, 0.15) is 111 Å². The average Bonchev–Trinajstić information content (AvgIpc) is 3.22. The van der Waals surface area contributed by atoms with Gasteiger partial charge in [0.15, 0.2) is 0 Å². The van der Waals surface area contributed by atoms with Gasteiger partial charge in [0.2, 0.25) is 0 Å². The Morgan fingerprint density at radius 3 is 2.43 bits per heavy atom. The number of hydrogen-bond donors (Lipinski definition) is 2. The molecule has 0 bridgehead atoms. The number of nitrogens with zero attached hydrogens (tertiary/aromatic N) is 1. The minimum atomic E-state index is -0.552. The normalized spacial score (nSPS) is 47.3. The Balaban J connectivity index is 1.47. The van der Waals surface area contributed by atoms with Crippen LogP contribution < -0.4 is 0 Å². The molecule has 5 aliphatic carbocycles. The number of H-pyrrole nitrogens is 1. The molecule has 0 spiro atoms. The smallest absolute Gasteiger partial charge is 0.310 e. The van der Waals surface area contributed by atoms with Crippen LogP contribution >= 0.6 is 0 Å². The number of fused-ring (bicyclic) bond motifs is 8. The van der Waals surface area contributed by atoms with Crippen LogP contribution in [0.2, 0.25) is 0 Å². The van der Waals surface area contributed by atoms with Crippen molar-refractivity contribution in [2.75, 3.05) is 0 Å². The Morgan fingerprint density at radius 1 is 1.00 bits per heavy atom. The highest BCUT2D eigenvalue weighted by Crippen LogP contribution is 2.75. The fourth-order valence-corrected chi connectivity index (χ4v) is 11.0. The minimum absolute atomic E-state index is 0.0851. The predicted molar refractivity (Wildman–Crippen MR) is 139 cm³/mol. The van der Waals surface area contributed by atoms with Gasteiger partial charge in [0.1, 0.15) is 0 Å². The summed E-state index contributed by atoms with van der Waals surface area (Å²) in [5, 5.41) is 18.4. The molecule has 3 fully saturated rings. The lowest BCUT2D eigenvalue weighted by molar-refractivity contribution is -0.177. The van der Waals surface area contributed by atoms with Gasteiger partial charge in [-0.2, -0.15) is 5.10 Å². The summed E-state index contributed by atoms with van der Waals surface area (Å²) in [4.78, 5) is 12.8. The lowest BCUT2D eigenvalue weighted by Crippen LogP contribution is -2.64. The van der Waals surface area contributed by atoms with E-state index in [0.717, 1.165) is 44.9 Å². The zero-order valence-corrected chi connectivity index (χ0v) is 23.1. The zero-order chi connectivity index (χ0) is 25.2. The van der Waals surface area contributed by atoms with Crippen molar-refractivity contribution in [3.63, 3.8) is 0 Å². The van der Waals surface area contributed by atoms with E-state index in [-0.39, 0.29) is 33.0 Å². The van der Waals surface area contributed by atoms with Gasteiger partial charge in [-0.25, -0.2) is 0 Å². The van der Waals surface area contributed by atoms with Gasteiger partial charge in [-0.15, -0.1) is 0 Å². The van der Waals surface area contributed by atoms with Gasteiger partial charge in [0, 0.05) is 11.1 Å². The van der Waals surface area contributed by atoms with Crippen LogP contribution in [0.4, 0.5) is 0 Å². The van der Waals surface area contributed by atoms with E-state index >= 15 is 0 Å². The summed E-state index contributed by atoms with van der Waals surface area (Å²) in [5.41, 5.74) is 4.58. The molecule has 5 aliphatic rings. The second kappa shape index (κ2) is 6.84. The minimum Gasteiger partial charge on any atom is -0.481 e. The summed E-state index contributed by atoms with van der Waals surface area (Å²) in [6.45, 7) is 17.3. The molecule has 3 saturated carbocycles. The van der Waals surface area contributed by atoms with Crippen LogP contribution in [-0.2, 0) is 16.6 Å². The Kier molecular flexibility index (Phi) is 4.65. The average molecular weight is 479 g/mol. The number of allylic oxidation sites excluding steroid dienone is 2. The molecule has 1 aromatic rings. The molecular formula is C31H46N2O2. The van der Waals surface area contributed by atoms with Gasteiger partial charge >= 0.3 is 5.97 Å². The molecule has 2 N–H and O–H groups in total. The first-order valence-electron chi connectivity index (χ1n) is 14.2. The molecule has 6 rings (SSSR count). The number of rotatable bonds is 1. The van der Waals surface area contributed by atoms with Crippen LogP contribution in [0.3, 0.4) is 0 Å². The van der Waals surface area contributed by atoms with Gasteiger partial charge in [-0.3, -0.25) is 9.89 Å². The summed E-state index contributed by atoms with van der Waals surface area (Å²) >= 11 is 0. The van der Waals surface area contributed by atoms with Crippen molar-refractivity contribution in [3.05, 3.63) is 29.1 Å². The van der Waals surface area contributed by atoms with Gasteiger partial charge in [0.25, 0.3) is 0 Å². The first-order chi connectivity index (χ1) is 16.2. The first-order valence-corrected chi connectivity index (χ1v) is 14.2. The Hall–Kier alpha value is -1.58. The van der Waals surface area contributed by atoms with Crippen LogP contribution in [-0.4, -0.2) is 21.3 Å². The Morgan fingerprint density at radius 2 is 1.71 bits per heavy atom. The molecule has 35 heavy (non-hydrogen) atoms. The third kappa shape index (κ3) is 2.75. The topological polar surface area (TPSA) is 66.0 Å². The third-order valence-electron chi connectivity index (χ3n) is 13.1. The molecule has 0 radical (unpaired) electrons. The molecule has 4 heteroatoms. The lowest BCUT2D eigenvalue weighted by atomic mass is 9.33. The van der Waals surface area contributed by atoms with Crippen molar-refractivity contribution >= 4 is 5.97 Å². The highest BCUT2D eigenvalue weighted by atomic mass is 16.4. The summed E-state index contributed by atoms with van der Waals surface area (Å²) in [7, 11) is 0. The number of aromatic nitrogens is 2. The van der Waals surface area contributed by atoms with Gasteiger partial charge in [-0.1, -0.05) is 60.1 Å².